The van der Waals surface area contributed by atoms with Gasteiger partial charge in [0.05, 0.1) is 5.69 Å². The summed E-state index contributed by atoms with van der Waals surface area (Å²) in [5.41, 5.74) is 3.72. The summed E-state index contributed by atoms with van der Waals surface area (Å²) in [6, 6.07) is 9.36. The Labute approximate surface area is 130 Å². The topological polar surface area (TPSA) is 29.3 Å². The molecule has 1 aliphatic rings. The number of benzene rings is 1. The van der Waals surface area contributed by atoms with Gasteiger partial charge in [-0.2, -0.15) is 0 Å². The third kappa shape index (κ3) is 3.01. The minimum Gasteiger partial charge on any atom is -0.361 e. The van der Waals surface area contributed by atoms with Crippen molar-refractivity contribution in [1.82, 2.24) is 10.1 Å². The summed E-state index contributed by atoms with van der Waals surface area (Å²) in [6.07, 6.45) is 4.56. The second-order valence-electron chi connectivity index (χ2n) is 5.71. The standard InChI is InChI=1S/C17H22N2OS/c1-12-17(13(2)20-18-12)16-5-4-10-19(16)11-14-6-8-15(21-3)9-7-14/h6-9,16H,4-5,10-11H2,1-3H3/t16-/m0/s1. The molecule has 1 saturated heterocycles. The van der Waals surface area contributed by atoms with Gasteiger partial charge in [0, 0.05) is 23.0 Å². The van der Waals surface area contributed by atoms with Crippen LogP contribution >= 0.6 is 11.8 Å². The van der Waals surface area contributed by atoms with E-state index in [0.29, 0.717) is 6.04 Å². The van der Waals surface area contributed by atoms with Crippen LogP contribution in [0.5, 0.6) is 0 Å². The van der Waals surface area contributed by atoms with E-state index in [2.05, 4.69) is 47.5 Å². The summed E-state index contributed by atoms with van der Waals surface area (Å²) in [7, 11) is 0. The van der Waals surface area contributed by atoms with E-state index in [4.69, 9.17) is 4.52 Å². The Bertz CT molecular complexity index is 586. The van der Waals surface area contributed by atoms with Crippen LogP contribution in [-0.2, 0) is 6.54 Å². The molecule has 4 heteroatoms. The minimum absolute atomic E-state index is 0.455. The number of hydrogen-bond acceptors (Lipinski definition) is 4. The van der Waals surface area contributed by atoms with Crippen LogP contribution in [0.2, 0.25) is 0 Å². The van der Waals surface area contributed by atoms with Gasteiger partial charge in [-0.05, 0) is 57.2 Å². The van der Waals surface area contributed by atoms with Crippen LogP contribution < -0.4 is 0 Å². The van der Waals surface area contributed by atoms with Crippen LogP contribution in [0, 0.1) is 13.8 Å². The quantitative estimate of drug-likeness (QED) is 0.785. The highest BCUT2D eigenvalue weighted by molar-refractivity contribution is 7.98. The molecule has 3 rings (SSSR count). The van der Waals surface area contributed by atoms with E-state index < -0.39 is 0 Å². The molecule has 0 unspecified atom stereocenters. The lowest BCUT2D eigenvalue weighted by atomic mass is 10.0. The summed E-state index contributed by atoms with van der Waals surface area (Å²) in [6.45, 7) is 6.23. The van der Waals surface area contributed by atoms with Crippen LogP contribution in [-0.4, -0.2) is 22.9 Å². The van der Waals surface area contributed by atoms with Gasteiger partial charge in [0.25, 0.3) is 0 Å². The molecule has 112 valence electrons. The second kappa shape index (κ2) is 6.24. The molecule has 1 aliphatic heterocycles. The fraction of sp³-hybridized carbons (Fsp3) is 0.471. The Balaban J connectivity index is 1.78. The third-order valence-corrected chi connectivity index (χ3v) is 5.07. The van der Waals surface area contributed by atoms with Crippen molar-refractivity contribution in [3.63, 3.8) is 0 Å². The van der Waals surface area contributed by atoms with Crippen molar-refractivity contribution in [2.24, 2.45) is 0 Å². The predicted molar refractivity (Wildman–Crippen MR) is 86.6 cm³/mol. The van der Waals surface area contributed by atoms with Crippen molar-refractivity contribution in [3.8, 4) is 0 Å². The van der Waals surface area contributed by atoms with Crippen molar-refractivity contribution in [2.45, 2.75) is 44.2 Å². The number of hydrogen-bond donors (Lipinski definition) is 0. The molecule has 21 heavy (non-hydrogen) atoms. The smallest absolute Gasteiger partial charge is 0.138 e. The average Bonchev–Trinajstić information content (AvgIpc) is 3.06. The maximum absolute atomic E-state index is 5.36. The Morgan fingerprint density at radius 1 is 1.29 bits per heavy atom. The lowest BCUT2D eigenvalue weighted by Gasteiger charge is -2.24. The van der Waals surface area contributed by atoms with Crippen molar-refractivity contribution >= 4 is 11.8 Å². The van der Waals surface area contributed by atoms with Crippen LogP contribution in [0.4, 0.5) is 0 Å². The number of likely N-dealkylation sites (tertiary alicyclic amines) is 1. The summed E-state index contributed by atoms with van der Waals surface area (Å²) < 4.78 is 5.36. The molecule has 1 aromatic heterocycles. The largest absolute Gasteiger partial charge is 0.361 e. The molecule has 2 aromatic rings. The fourth-order valence-electron chi connectivity index (χ4n) is 3.27. The summed E-state index contributed by atoms with van der Waals surface area (Å²) >= 11 is 1.79. The molecule has 2 heterocycles. The molecule has 1 aromatic carbocycles. The SMILES string of the molecule is CSc1ccc(CN2CCC[C@H]2c2c(C)noc2C)cc1. The van der Waals surface area contributed by atoms with Gasteiger partial charge in [-0.15, -0.1) is 11.8 Å². The maximum Gasteiger partial charge on any atom is 0.138 e. The van der Waals surface area contributed by atoms with Gasteiger partial charge >= 0.3 is 0 Å². The van der Waals surface area contributed by atoms with Crippen LogP contribution in [0.3, 0.4) is 0 Å². The zero-order valence-electron chi connectivity index (χ0n) is 12.9. The van der Waals surface area contributed by atoms with Crippen molar-refractivity contribution in [3.05, 3.63) is 46.8 Å². The van der Waals surface area contributed by atoms with Gasteiger partial charge in [0.2, 0.25) is 0 Å². The molecule has 0 N–H and O–H groups in total. The highest BCUT2D eigenvalue weighted by atomic mass is 32.2. The van der Waals surface area contributed by atoms with Gasteiger partial charge < -0.3 is 4.52 Å². The van der Waals surface area contributed by atoms with Gasteiger partial charge in [-0.3, -0.25) is 4.90 Å². The molecule has 0 spiro atoms. The number of nitrogens with zero attached hydrogens (tertiary/aromatic N) is 2. The first-order valence-corrected chi connectivity index (χ1v) is 8.71. The van der Waals surface area contributed by atoms with E-state index >= 15 is 0 Å². The molecule has 1 fully saturated rings. The van der Waals surface area contributed by atoms with Gasteiger partial charge in [-0.1, -0.05) is 17.3 Å². The summed E-state index contributed by atoms with van der Waals surface area (Å²) in [4.78, 5) is 3.88. The Kier molecular flexibility index (Phi) is 4.36. The van der Waals surface area contributed by atoms with E-state index in [1.165, 1.54) is 28.9 Å². The molecular weight excluding hydrogens is 280 g/mol. The monoisotopic (exact) mass is 302 g/mol. The minimum atomic E-state index is 0.455. The van der Waals surface area contributed by atoms with E-state index in [1.807, 2.05) is 6.92 Å². The molecule has 0 aliphatic carbocycles. The number of rotatable bonds is 4. The van der Waals surface area contributed by atoms with Gasteiger partial charge in [0.1, 0.15) is 5.76 Å². The molecule has 0 radical (unpaired) electrons. The maximum atomic E-state index is 5.36. The normalized spacial score (nSPS) is 19.3. The zero-order chi connectivity index (χ0) is 14.8. The molecule has 0 amide bonds. The lowest BCUT2D eigenvalue weighted by molar-refractivity contribution is 0.245. The highest BCUT2D eigenvalue weighted by Gasteiger charge is 2.30. The molecule has 0 saturated carbocycles. The van der Waals surface area contributed by atoms with Crippen molar-refractivity contribution < 1.29 is 4.52 Å². The van der Waals surface area contributed by atoms with Crippen LogP contribution in [0.15, 0.2) is 33.7 Å². The summed E-state index contributed by atoms with van der Waals surface area (Å²) in [5, 5.41) is 4.12. The van der Waals surface area contributed by atoms with Gasteiger partial charge in [-0.25, -0.2) is 0 Å². The Morgan fingerprint density at radius 3 is 2.67 bits per heavy atom. The van der Waals surface area contributed by atoms with E-state index in [1.54, 1.807) is 11.8 Å². The van der Waals surface area contributed by atoms with E-state index in [9.17, 15) is 0 Å². The third-order valence-electron chi connectivity index (χ3n) is 4.33. The number of aromatic nitrogens is 1. The fourth-order valence-corrected chi connectivity index (χ4v) is 3.68. The second-order valence-corrected chi connectivity index (χ2v) is 6.59. The van der Waals surface area contributed by atoms with Crippen LogP contribution in [0.25, 0.3) is 0 Å². The lowest BCUT2D eigenvalue weighted by Crippen LogP contribution is -2.23. The average molecular weight is 302 g/mol. The number of thioether (sulfide) groups is 1. The first-order valence-electron chi connectivity index (χ1n) is 7.49. The van der Waals surface area contributed by atoms with Crippen LogP contribution in [0.1, 0.15) is 41.5 Å². The first kappa shape index (κ1) is 14.7. The molecule has 1 atom stereocenters. The molecule has 0 bridgehead atoms. The predicted octanol–water partition coefficient (Wildman–Crippen LogP) is 4.35. The first-order chi connectivity index (χ1) is 10.2. The Hall–Kier alpha value is -1.26. The highest BCUT2D eigenvalue weighted by Crippen LogP contribution is 2.36. The summed E-state index contributed by atoms with van der Waals surface area (Å²) in [5.74, 6) is 0.974. The van der Waals surface area contributed by atoms with E-state index in [0.717, 1.165) is 24.5 Å². The number of aryl methyl sites for hydroxylation is 2. The zero-order valence-corrected chi connectivity index (χ0v) is 13.7. The Morgan fingerprint density at radius 2 is 2.05 bits per heavy atom. The van der Waals surface area contributed by atoms with Crippen molar-refractivity contribution in [2.75, 3.05) is 12.8 Å². The van der Waals surface area contributed by atoms with Crippen molar-refractivity contribution in [1.29, 1.82) is 0 Å². The van der Waals surface area contributed by atoms with E-state index in [-0.39, 0.29) is 0 Å². The van der Waals surface area contributed by atoms with Gasteiger partial charge in [0.15, 0.2) is 0 Å². The molecular formula is C17H22N2OS. The molecule has 3 nitrogen and oxygen atoms in total.